The highest BCUT2D eigenvalue weighted by Gasteiger charge is 2.60. The number of aliphatic imine (C=N–C) groups is 2. The average molecular weight is 442 g/mol. The number of ether oxygens (including phenoxy) is 1. The molecular formula is C24H25Cl2N3O. The minimum Gasteiger partial charge on any atom is -0.382 e. The fourth-order valence-corrected chi connectivity index (χ4v) is 5.98. The van der Waals surface area contributed by atoms with Crippen molar-refractivity contribution in [2.75, 3.05) is 7.11 Å². The molecule has 5 rings (SSSR count). The highest BCUT2D eigenvalue weighted by Crippen LogP contribution is 2.62. The number of fused-ring (bicyclic) bond motifs is 3. The molecule has 2 aliphatic carbocycles. The molecule has 2 N–H and O–H groups in total. The maximum absolute atomic E-state index is 6.53. The Morgan fingerprint density at radius 1 is 1.10 bits per heavy atom. The van der Waals surface area contributed by atoms with E-state index in [1.807, 2.05) is 19.1 Å². The van der Waals surface area contributed by atoms with Crippen molar-refractivity contribution in [1.29, 1.82) is 0 Å². The number of benzene rings is 2. The molecule has 0 saturated heterocycles. The second-order valence-corrected chi connectivity index (χ2v) is 9.52. The summed E-state index contributed by atoms with van der Waals surface area (Å²) in [4.78, 5) is 10.2. The van der Waals surface area contributed by atoms with Crippen LogP contribution >= 0.6 is 23.2 Å². The Balaban J connectivity index is 1.67. The lowest BCUT2D eigenvalue weighted by Crippen LogP contribution is -2.43. The van der Waals surface area contributed by atoms with Crippen LogP contribution in [0.15, 0.2) is 46.4 Å². The molecule has 1 unspecified atom stereocenters. The molecule has 1 atom stereocenters. The molecule has 1 saturated carbocycles. The van der Waals surface area contributed by atoms with Gasteiger partial charge in [0.15, 0.2) is 5.66 Å². The average Bonchev–Trinajstić information content (AvgIpc) is 3.18. The normalized spacial score (nSPS) is 29.9. The van der Waals surface area contributed by atoms with Crippen molar-refractivity contribution in [1.82, 2.24) is 0 Å². The van der Waals surface area contributed by atoms with Crippen molar-refractivity contribution in [3.05, 3.63) is 57.6 Å². The molecule has 4 nitrogen and oxygen atoms in total. The zero-order valence-electron chi connectivity index (χ0n) is 17.2. The summed E-state index contributed by atoms with van der Waals surface area (Å²) in [5.41, 5.74) is 10.8. The summed E-state index contributed by atoms with van der Waals surface area (Å²) >= 11 is 12.8. The summed E-state index contributed by atoms with van der Waals surface area (Å²) in [5, 5.41) is 1.12. The van der Waals surface area contributed by atoms with E-state index in [9.17, 15) is 0 Å². The molecule has 156 valence electrons. The second kappa shape index (κ2) is 7.08. The van der Waals surface area contributed by atoms with E-state index in [-0.39, 0.29) is 5.41 Å². The molecule has 1 fully saturated rings. The highest BCUT2D eigenvalue weighted by atomic mass is 35.5. The van der Waals surface area contributed by atoms with Crippen LogP contribution in [0.25, 0.3) is 11.1 Å². The lowest BCUT2D eigenvalue weighted by atomic mass is 9.65. The Bertz CT molecular complexity index is 1070. The predicted octanol–water partition coefficient (Wildman–Crippen LogP) is 5.78. The van der Waals surface area contributed by atoms with E-state index in [0.717, 1.165) is 54.5 Å². The fourth-order valence-electron chi connectivity index (χ4n) is 5.57. The summed E-state index contributed by atoms with van der Waals surface area (Å²) in [6.45, 7) is 1.96. The third-order valence-electron chi connectivity index (χ3n) is 7.22. The molecule has 2 aromatic carbocycles. The van der Waals surface area contributed by atoms with Crippen LogP contribution in [0.4, 0.5) is 0 Å². The molecular weight excluding hydrogens is 417 g/mol. The van der Waals surface area contributed by atoms with Crippen molar-refractivity contribution in [2.45, 2.75) is 50.8 Å². The van der Waals surface area contributed by atoms with Crippen molar-refractivity contribution >= 4 is 34.7 Å². The first-order valence-corrected chi connectivity index (χ1v) is 11.2. The van der Waals surface area contributed by atoms with E-state index in [4.69, 9.17) is 43.7 Å². The van der Waals surface area contributed by atoms with Gasteiger partial charge in [-0.05, 0) is 62.3 Å². The van der Waals surface area contributed by atoms with Gasteiger partial charge in [0.05, 0.1) is 21.9 Å². The van der Waals surface area contributed by atoms with Gasteiger partial charge in [0.2, 0.25) is 0 Å². The molecule has 0 aromatic heterocycles. The number of nitrogens with zero attached hydrogens (tertiary/aromatic N) is 2. The number of nitrogens with two attached hydrogens (primary N) is 1. The summed E-state index contributed by atoms with van der Waals surface area (Å²) in [7, 11) is 1.80. The van der Waals surface area contributed by atoms with E-state index in [1.54, 1.807) is 13.2 Å². The molecule has 0 radical (unpaired) electrons. The lowest BCUT2D eigenvalue weighted by molar-refractivity contribution is -0.000372. The molecule has 30 heavy (non-hydrogen) atoms. The number of hydrogen-bond donors (Lipinski definition) is 1. The second-order valence-electron chi connectivity index (χ2n) is 8.73. The van der Waals surface area contributed by atoms with Crippen LogP contribution in [-0.2, 0) is 16.8 Å². The maximum atomic E-state index is 6.53. The van der Waals surface area contributed by atoms with Gasteiger partial charge in [-0.3, -0.25) is 4.99 Å². The zero-order chi connectivity index (χ0) is 21.1. The number of halogens is 2. The van der Waals surface area contributed by atoms with Gasteiger partial charge in [-0.25, -0.2) is 4.99 Å². The third-order valence-corrected chi connectivity index (χ3v) is 8.04. The Morgan fingerprint density at radius 2 is 1.87 bits per heavy atom. The summed E-state index contributed by atoms with van der Waals surface area (Å²) in [5.74, 6) is 0.544. The van der Waals surface area contributed by atoms with Crippen molar-refractivity contribution < 1.29 is 4.74 Å². The van der Waals surface area contributed by atoms with Crippen LogP contribution < -0.4 is 5.73 Å². The highest BCUT2D eigenvalue weighted by molar-refractivity contribution is 6.43. The molecule has 2 aromatic rings. The Labute approximate surface area is 187 Å². The monoisotopic (exact) mass is 441 g/mol. The molecule has 3 aliphatic rings. The van der Waals surface area contributed by atoms with Gasteiger partial charge in [0.25, 0.3) is 0 Å². The largest absolute Gasteiger partial charge is 0.382 e. The molecule has 1 heterocycles. The fraction of sp³-hybridized carbons (Fsp3) is 0.417. The van der Waals surface area contributed by atoms with Crippen molar-refractivity contribution in [3.8, 4) is 11.1 Å². The zero-order valence-corrected chi connectivity index (χ0v) is 18.7. The van der Waals surface area contributed by atoms with Crippen LogP contribution in [-0.4, -0.2) is 24.8 Å². The summed E-state index contributed by atoms with van der Waals surface area (Å²) in [6.07, 6.45) is 5.33. The van der Waals surface area contributed by atoms with Crippen LogP contribution in [0.3, 0.4) is 0 Å². The van der Waals surface area contributed by atoms with E-state index >= 15 is 0 Å². The molecule has 0 bridgehead atoms. The van der Waals surface area contributed by atoms with Crippen molar-refractivity contribution in [2.24, 2.45) is 21.1 Å². The lowest BCUT2D eigenvalue weighted by Gasteiger charge is -2.44. The Hall–Kier alpha value is -1.88. The number of methoxy groups -OCH3 is 1. The molecule has 0 amide bonds. The minimum atomic E-state index is -0.656. The van der Waals surface area contributed by atoms with Gasteiger partial charge in [-0.1, -0.05) is 47.5 Å². The first kappa shape index (κ1) is 20.0. The predicted molar refractivity (Wildman–Crippen MR) is 124 cm³/mol. The summed E-state index contributed by atoms with van der Waals surface area (Å²) < 4.78 is 5.64. The number of amidine groups is 1. The topological polar surface area (TPSA) is 60.0 Å². The SMILES string of the molecule is COC1CCC2(CC1)Cc1ccc(-c3cccc(Cl)c3Cl)cc1C21N=C(C)C(N)=N1. The van der Waals surface area contributed by atoms with Crippen LogP contribution in [0.2, 0.25) is 10.0 Å². The van der Waals surface area contributed by atoms with Crippen LogP contribution in [0.5, 0.6) is 0 Å². The molecule has 1 aliphatic heterocycles. The maximum Gasteiger partial charge on any atom is 0.184 e. The number of rotatable bonds is 2. The van der Waals surface area contributed by atoms with Gasteiger partial charge < -0.3 is 10.5 Å². The smallest absolute Gasteiger partial charge is 0.184 e. The van der Waals surface area contributed by atoms with Gasteiger partial charge in [0.1, 0.15) is 5.84 Å². The van der Waals surface area contributed by atoms with E-state index < -0.39 is 5.66 Å². The molecule has 2 spiro atoms. The van der Waals surface area contributed by atoms with Gasteiger partial charge in [-0.2, -0.15) is 0 Å². The standard InChI is InChI=1S/C24H25Cl2N3O/c1-14-22(27)29-24(28-14)19-12-15(18-4-3-5-20(25)21(18)26)6-7-16(19)13-23(24)10-8-17(30-2)9-11-23/h3-7,12,17H,8-11,13H2,1-2H3,(H2,27,29). The summed E-state index contributed by atoms with van der Waals surface area (Å²) in [6, 6.07) is 12.3. The van der Waals surface area contributed by atoms with E-state index in [0.29, 0.717) is 22.0 Å². The van der Waals surface area contributed by atoms with Crippen LogP contribution in [0.1, 0.15) is 43.7 Å². The van der Waals surface area contributed by atoms with Gasteiger partial charge >= 0.3 is 0 Å². The third kappa shape index (κ3) is 2.77. The van der Waals surface area contributed by atoms with Crippen LogP contribution in [0, 0.1) is 5.41 Å². The minimum absolute atomic E-state index is 0.0660. The van der Waals surface area contributed by atoms with E-state index in [2.05, 4.69) is 18.2 Å². The van der Waals surface area contributed by atoms with E-state index in [1.165, 1.54) is 5.56 Å². The Kier molecular flexibility index (Phi) is 4.73. The Morgan fingerprint density at radius 3 is 2.53 bits per heavy atom. The quantitative estimate of drug-likeness (QED) is 0.641. The van der Waals surface area contributed by atoms with Crippen molar-refractivity contribution in [3.63, 3.8) is 0 Å². The first-order valence-electron chi connectivity index (χ1n) is 10.4. The van der Waals surface area contributed by atoms with Gasteiger partial charge in [0, 0.05) is 23.7 Å². The first-order chi connectivity index (χ1) is 14.4. The number of hydrogen-bond acceptors (Lipinski definition) is 4. The molecule has 6 heteroatoms. The van der Waals surface area contributed by atoms with Gasteiger partial charge in [-0.15, -0.1) is 0 Å².